The number of hydrogen-bond donors (Lipinski definition) is 6. The highest BCUT2D eigenvalue weighted by Crippen LogP contribution is 2.31. The zero-order chi connectivity index (χ0) is 36.9. The molecule has 0 aromatic heterocycles. The molecule has 0 unspecified atom stereocenters. The molecule has 0 atom stereocenters. The van der Waals surface area contributed by atoms with Crippen LogP contribution in [0, 0.1) is 12.3 Å². The van der Waals surface area contributed by atoms with Crippen molar-refractivity contribution in [2.24, 2.45) is 21.1 Å². The predicted molar refractivity (Wildman–Crippen MR) is 182 cm³/mol. The Hall–Kier alpha value is -4.21. The first-order chi connectivity index (χ1) is 22.2. The number of anilines is 1. The van der Waals surface area contributed by atoms with Crippen molar-refractivity contribution in [2.45, 2.75) is 18.7 Å². The summed E-state index contributed by atoms with van der Waals surface area (Å²) in [6.07, 6.45) is 3.33. The van der Waals surface area contributed by atoms with Gasteiger partial charge in [0, 0.05) is 6.07 Å². The van der Waals surface area contributed by atoms with Crippen LogP contribution in [0.15, 0.2) is 91.4 Å². The van der Waals surface area contributed by atoms with Crippen LogP contribution < -0.4 is 15.9 Å². The number of nitrogens with two attached hydrogens (primary N) is 1. The number of aliphatic hydroxyl groups is 2. The number of azo groups is 1. The fourth-order valence-corrected chi connectivity index (χ4v) is 6.39. The molecular weight excluding hydrogens is 693 g/mol. The summed E-state index contributed by atoms with van der Waals surface area (Å²) in [4.78, 5) is -1.06. The molecule has 1 aromatic carbocycles. The van der Waals surface area contributed by atoms with Gasteiger partial charge in [0.1, 0.15) is 34.4 Å². The maximum Gasteiger partial charge on any atom is 0.296 e. The van der Waals surface area contributed by atoms with Crippen LogP contribution in [-0.2, 0) is 34.5 Å². The van der Waals surface area contributed by atoms with E-state index >= 15 is 0 Å². The lowest BCUT2D eigenvalue weighted by molar-refractivity contribution is 0.298. The summed E-state index contributed by atoms with van der Waals surface area (Å²) in [6.45, 7) is 8.46. The van der Waals surface area contributed by atoms with Crippen LogP contribution in [0.2, 0.25) is 0 Å². The van der Waals surface area contributed by atoms with Crippen LogP contribution in [0.4, 0.5) is 5.69 Å². The molecule has 48 heavy (non-hydrogen) atoms. The Balaban J connectivity index is 3.51. The minimum absolute atomic E-state index is 0.0177. The number of nitrogens with zero attached hydrogens (tertiary/aromatic N) is 3. The molecule has 0 amide bonds. The number of aryl methyl sites for hydroxylation is 1. The Morgan fingerprint density at radius 2 is 1.69 bits per heavy atom. The average Bonchev–Trinajstić information content (AvgIpc) is 2.95. The first-order valence-corrected chi connectivity index (χ1v) is 18.5. The summed E-state index contributed by atoms with van der Waals surface area (Å²) < 4.78 is 94.0. The van der Waals surface area contributed by atoms with E-state index < -0.39 is 77.4 Å². The largest absolute Gasteiger partial charge is 0.495 e. The molecule has 1 rings (SSSR count). The van der Waals surface area contributed by atoms with Crippen LogP contribution in [0.25, 0.3) is 0 Å². The smallest absolute Gasteiger partial charge is 0.296 e. The van der Waals surface area contributed by atoms with Crippen molar-refractivity contribution in [3.63, 3.8) is 0 Å². The minimum atomic E-state index is -5.08. The topological polar surface area (TPSA) is 281 Å². The zero-order valence-corrected chi connectivity index (χ0v) is 29.2. The molecule has 0 aliphatic heterocycles. The zero-order valence-electron chi connectivity index (χ0n) is 26.8. The van der Waals surface area contributed by atoms with Gasteiger partial charge in [-0.3, -0.25) is 9.98 Å². The van der Waals surface area contributed by atoms with Crippen molar-refractivity contribution in [1.29, 1.82) is 5.41 Å². The normalized spacial score (nSPS) is 13.8. The van der Waals surface area contributed by atoms with Gasteiger partial charge in [-0.1, -0.05) is 18.7 Å². The molecule has 0 aliphatic rings. The number of hydrogen-bond acceptors (Lipinski definition) is 16. The molecule has 266 valence electrons. The summed E-state index contributed by atoms with van der Waals surface area (Å²) in [5.74, 6) is -1.51. The van der Waals surface area contributed by atoms with Gasteiger partial charge >= 0.3 is 0 Å². The van der Waals surface area contributed by atoms with E-state index in [-0.39, 0.29) is 44.8 Å². The number of ether oxygens (including phenoxy) is 2. The van der Waals surface area contributed by atoms with Gasteiger partial charge in [0.05, 0.1) is 66.7 Å². The number of hydrazone groups is 1. The summed E-state index contributed by atoms with van der Waals surface area (Å²) in [5.41, 5.74) is 7.80. The number of allylic oxidation sites excluding steroid dienone is 3. The molecule has 17 nitrogen and oxygen atoms in total. The van der Waals surface area contributed by atoms with Crippen molar-refractivity contribution >= 4 is 46.9 Å². The standard InChI is InChI=1S/C28H40N6O11S3/c1-18(2)13-23(25(44-5)7-10-46(37,38)11-8-35)32-31-17-21(30)28(48(41,42)43)15-22(20(4)29)33-34-24-14-19(3)27(16-26(24)45-6)47(39,40)12-9-36/h7,13-16,30,34-36H,1,4,8-12,17,29H2,2-3,5-6H3,(H,41,42,43)/b23-13+,25-7+,28-15?,30-21?,32-31?,33-22?. The minimum Gasteiger partial charge on any atom is -0.495 e. The first-order valence-electron chi connectivity index (χ1n) is 13.6. The second kappa shape index (κ2) is 18.4. The van der Waals surface area contributed by atoms with Gasteiger partial charge in [-0.05, 0) is 43.7 Å². The van der Waals surface area contributed by atoms with Crippen molar-refractivity contribution in [3.05, 3.63) is 76.7 Å². The van der Waals surface area contributed by atoms with Crippen LogP contribution in [-0.4, -0.2) is 103 Å². The highest BCUT2D eigenvalue weighted by atomic mass is 32.2. The van der Waals surface area contributed by atoms with Gasteiger partial charge < -0.3 is 30.8 Å². The molecule has 0 fully saturated rings. The van der Waals surface area contributed by atoms with E-state index in [1.54, 1.807) is 6.92 Å². The maximum absolute atomic E-state index is 12.5. The van der Waals surface area contributed by atoms with E-state index in [0.29, 0.717) is 5.57 Å². The lowest BCUT2D eigenvalue weighted by Gasteiger charge is -2.14. The fourth-order valence-electron chi connectivity index (χ4n) is 3.61. The third-order valence-corrected chi connectivity index (χ3v) is 10.1. The van der Waals surface area contributed by atoms with Crippen molar-refractivity contribution in [2.75, 3.05) is 56.7 Å². The van der Waals surface area contributed by atoms with E-state index in [1.807, 2.05) is 0 Å². The lowest BCUT2D eigenvalue weighted by atomic mass is 10.2. The number of nitrogens with one attached hydrogen (secondary N) is 2. The Labute approximate surface area is 280 Å². The number of sulfone groups is 2. The first kappa shape index (κ1) is 41.8. The molecule has 1 aromatic rings. The number of rotatable bonds is 20. The van der Waals surface area contributed by atoms with E-state index in [1.165, 1.54) is 45.4 Å². The van der Waals surface area contributed by atoms with Crippen molar-refractivity contribution < 1.29 is 49.5 Å². The lowest BCUT2D eigenvalue weighted by Crippen LogP contribution is -2.19. The number of methoxy groups -OCH3 is 2. The van der Waals surface area contributed by atoms with E-state index in [9.17, 15) is 29.8 Å². The molecule has 0 bridgehead atoms. The van der Waals surface area contributed by atoms with Gasteiger partial charge in [-0.2, -0.15) is 23.7 Å². The summed E-state index contributed by atoms with van der Waals surface area (Å²) in [6, 6.07) is 2.59. The molecule has 0 aliphatic carbocycles. The molecule has 0 saturated carbocycles. The molecule has 0 heterocycles. The van der Waals surface area contributed by atoms with Crippen LogP contribution in [0.1, 0.15) is 12.5 Å². The fraction of sp³-hybridized carbons (Fsp3) is 0.357. The monoisotopic (exact) mass is 732 g/mol. The maximum atomic E-state index is 12.5. The number of aliphatic hydroxyl groups excluding tert-OH is 2. The molecule has 0 radical (unpaired) electrons. The second-order valence-corrected chi connectivity index (χ2v) is 15.5. The third kappa shape index (κ3) is 13.1. The Morgan fingerprint density at radius 3 is 2.19 bits per heavy atom. The van der Waals surface area contributed by atoms with Crippen LogP contribution in [0.3, 0.4) is 0 Å². The van der Waals surface area contributed by atoms with Crippen molar-refractivity contribution in [1.82, 2.24) is 0 Å². The molecule has 20 heteroatoms. The number of benzene rings is 1. The van der Waals surface area contributed by atoms with E-state index in [4.69, 9.17) is 30.8 Å². The summed E-state index contributed by atoms with van der Waals surface area (Å²) in [7, 11) is -10.1. The molecule has 7 N–H and O–H groups in total. The van der Waals surface area contributed by atoms with Crippen LogP contribution in [0.5, 0.6) is 5.75 Å². The van der Waals surface area contributed by atoms with Gasteiger partial charge in [0.25, 0.3) is 10.1 Å². The van der Waals surface area contributed by atoms with Gasteiger partial charge in [0.15, 0.2) is 19.7 Å². The average molecular weight is 733 g/mol. The molecule has 0 saturated heterocycles. The highest BCUT2D eigenvalue weighted by Gasteiger charge is 2.22. The van der Waals surface area contributed by atoms with Crippen molar-refractivity contribution in [3.8, 4) is 5.75 Å². The SMILES string of the molecule is C=C(C)/C=C(N=NCC(=N)C(=CC(=NNc1cc(C)c(S(=O)(=O)CCO)cc1OC)C(=C)N)S(=O)(=O)O)\C(=C/CS(=O)(=O)CCO)OC. The molecular formula is C28H40N6O11S3. The quantitative estimate of drug-likeness (QED) is 0.0278. The van der Waals surface area contributed by atoms with E-state index in [0.717, 1.165) is 6.08 Å². The van der Waals surface area contributed by atoms with Gasteiger partial charge in [-0.15, -0.1) is 0 Å². The van der Waals surface area contributed by atoms with Gasteiger partial charge in [-0.25, -0.2) is 16.8 Å². The molecule has 0 spiro atoms. The summed E-state index contributed by atoms with van der Waals surface area (Å²) >= 11 is 0. The van der Waals surface area contributed by atoms with E-state index in [2.05, 4.69) is 33.9 Å². The van der Waals surface area contributed by atoms with Gasteiger partial charge in [0.2, 0.25) is 0 Å². The Kier molecular flexibility index (Phi) is 16.0. The Bertz CT molecular complexity index is 1880. The predicted octanol–water partition coefficient (Wildman–Crippen LogP) is 1.65. The third-order valence-electron chi connectivity index (χ3n) is 5.85. The summed E-state index contributed by atoms with van der Waals surface area (Å²) in [5, 5.41) is 38.1. The van der Waals surface area contributed by atoms with Crippen LogP contribution >= 0.6 is 0 Å². The Morgan fingerprint density at radius 1 is 1.06 bits per heavy atom. The second-order valence-electron chi connectivity index (χ2n) is 9.84. The highest BCUT2D eigenvalue weighted by molar-refractivity contribution is 7.92.